The molecular formula is C50H44N3OPt-. The number of hydrogen-bond acceptors (Lipinski definition) is 3. The molecule has 0 radical (unpaired) electrons. The van der Waals surface area contributed by atoms with E-state index >= 15 is 0 Å². The van der Waals surface area contributed by atoms with Gasteiger partial charge in [-0.05, 0) is 91.1 Å². The van der Waals surface area contributed by atoms with Crippen LogP contribution in [0.15, 0.2) is 134 Å². The average Bonchev–Trinajstić information content (AvgIpc) is 3.60. The number of aromatic nitrogens is 3. The molecule has 6 aromatic carbocycles. The van der Waals surface area contributed by atoms with Gasteiger partial charge in [0, 0.05) is 46.7 Å². The Morgan fingerprint density at radius 2 is 1.38 bits per heavy atom. The molecule has 8 aromatic rings. The Hall–Kier alpha value is -5.57. The van der Waals surface area contributed by atoms with E-state index in [1.165, 1.54) is 0 Å². The van der Waals surface area contributed by atoms with Crippen molar-refractivity contribution in [2.75, 3.05) is 0 Å². The van der Waals surface area contributed by atoms with E-state index in [-0.39, 0.29) is 43.4 Å². The number of para-hydroxylation sites is 1. The minimum atomic E-state index is -2.33. The average molecular weight is 904 g/mol. The molecule has 0 unspecified atom stereocenters. The van der Waals surface area contributed by atoms with Gasteiger partial charge in [-0.25, -0.2) is 4.98 Å². The van der Waals surface area contributed by atoms with E-state index < -0.39 is 13.7 Å². The van der Waals surface area contributed by atoms with Gasteiger partial charge in [-0.15, -0.1) is 29.3 Å². The normalized spacial score (nSPS) is 13.5. The molecule has 0 saturated carbocycles. The number of nitrogens with zero attached hydrogens (tertiary/aromatic N) is 3. The molecular weight excluding hydrogens is 854 g/mol. The van der Waals surface area contributed by atoms with E-state index in [4.69, 9.17) is 18.2 Å². The summed E-state index contributed by atoms with van der Waals surface area (Å²) in [6.07, 6.45) is 1.76. The summed E-state index contributed by atoms with van der Waals surface area (Å²) >= 11 is 0. The van der Waals surface area contributed by atoms with Crippen molar-refractivity contribution in [2.45, 2.75) is 53.7 Å². The maximum absolute atomic E-state index is 11.7. The van der Waals surface area contributed by atoms with Gasteiger partial charge in [0.25, 0.3) is 0 Å². The van der Waals surface area contributed by atoms with Crippen LogP contribution in [0.3, 0.4) is 0 Å². The molecule has 5 heteroatoms. The predicted octanol–water partition coefficient (Wildman–Crippen LogP) is 12.8. The molecule has 2 heterocycles. The topological polar surface area (TPSA) is 50.9 Å². The van der Waals surface area contributed by atoms with Crippen LogP contribution in [0.5, 0.6) is 5.75 Å². The summed E-state index contributed by atoms with van der Waals surface area (Å²) in [5.74, 6) is 0.619. The third-order valence-corrected chi connectivity index (χ3v) is 9.97. The molecule has 0 spiro atoms. The van der Waals surface area contributed by atoms with Crippen molar-refractivity contribution in [1.82, 2.24) is 14.5 Å². The molecule has 0 atom stereocenters. The second-order valence-electron chi connectivity index (χ2n) is 15.0. The summed E-state index contributed by atoms with van der Waals surface area (Å²) in [7, 11) is 0. The largest absolute Gasteiger partial charge is 0.507 e. The van der Waals surface area contributed by atoms with Crippen molar-refractivity contribution in [3.63, 3.8) is 0 Å². The van der Waals surface area contributed by atoms with Gasteiger partial charge >= 0.3 is 0 Å². The smallest absolute Gasteiger partial charge is 0.148 e. The minimum Gasteiger partial charge on any atom is -0.507 e. The van der Waals surface area contributed by atoms with Crippen LogP contribution < -0.4 is 0 Å². The standard InChI is InChI=1S/C50H44N3O.Pt/c1-31-16-19-35(20-17-31)37-22-23-51-44(30-37)39-27-38(28-40(29-39)50(5,6)7)41-14-11-15-46-47(41)52-49(43-26-33(3)24-34(4)48(43)54)53(46)45-21-18-32(2)25-42(45)36-12-9-8-10-13-36;/h8-26,28-30,54H,1-7H3;/q-1;/i1D3,2D3;. The van der Waals surface area contributed by atoms with Gasteiger partial charge in [0.05, 0.1) is 22.3 Å². The molecule has 0 saturated heterocycles. The van der Waals surface area contributed by atoms with Crippen molar-refractivity contribution in [3.05, 3.63) is 167 Å². The van der Waals surface area contributed by atoms with Crippen LogP contribution >= 0.6 is 0 Å². The Morgan fingerprint density at radius 1 is 0.655 bits per heavy atom. The molecule has 276 valence electrons. The van der Waals surface area contributed by atoms with E-state index in [0.29, 0.717) is 39.4 Å². The summed E-state index contributed by atoms with van der Waals surface area (Å²) in [5, 5.41) is 11.7. The fourth-order valence-electron chi connectivity index (χ4n) is 7.16. The van der Waals surface area contributed by atoms with Crippen LogP contribution in [-0.2, 0) is 26.5 Å². The number of rotatable bonds is 6. The molecule has 1 N–H and O–H groups in total. The monoisotopic (exact) mass is 903 g/mol. The minimum absolute atomic E-state index is 0. The Bertz CT molecular complexity index is 2910. The summed E-state index contributed by atoms with van der Waals surface area (Å²) in [4.78, 5) is 10.2. The van der Waals surface area contributed by atoms with Gasteiger partial charge in [-0.3, -0.25) is 9.55 Å². The predicted molar refractivity (Wildman–Crippen MR) is 224 cm³/mol. The van der Waals surface area contributed by atoms with Crippen LogP contribution in [0.4, 0.5) is 0 Å². The molecule has 0 aliphatic heterocycles. The number of pyridine rings is 1. The summed E-state index contributed by atoms with van der Waals surface area (Å²) < 4.78 is 50.2. The quantitative estimate of drug-likeness (QED) is 0.169. The second-order valence-corrected chi connectivity index (χ2v) is 15.0. The fraction of sp³-hybridized carbons (Fsp3) is 0.160. The molecule has 0 amide bonds. The fourth-order valence-corrected chi connectivity index (χ4v) is 7.16. The zero-order valence-corrected chi connectivity index (χ0v) is 33.6. The SMILES string of the molecule is [2H]C([2H])([2H])c1ccc(-c2ccnc(-c3[c-]c(-c4cccc5c4nc(-c4cc(C)cc(C)c4O)n5-c4ccc(C([2H])([2H])[2H])cc4-c4ccccc4)cc(C(C)(C)C)c3)c2)cc1.[Pt]. The molecule has 0 fully saturated rings. The number of imidazole rings is 1. The summed E-state index contributed by atoms with van der Waals surface area (Å²) in [6.45, 7) is 5.83. The maximum atomic E-state index is 11.7. The first-order valence-corrected chi connectivity index (χ1v) is 18.0. The van der Waals surface area contributed by atoms with Gasteiger partial charge in [-0.1, -0.05) is 128 Å². The first-order valence-electron chi connectivity index (χ1n) is 21.0. The van der Waals surface area contributed by atoms with Crippen molar-refractivity contribution in [2.24, 2.45) is 0 Å². The molecule has 55 heavy (non-hydrogen) atoms. The van der Waals surface area contributed by atoms with Crippen molar-refractivity contribution in [1.29, 1.82) is 0 Å². The van der Waals surface area contributed by atoms with E-state index in [0.717, 1.165) is 50.0 Å². The number of aromatic hydroxyl groups is 1. The van der Waals surface area contributed by atoms with Gasteiger partial charge in [-0.2, -0.15) is 0 Å². The van der Waals surface area contributed by atoms with Crippen LogP contribution in [0.25, 0.3) is 72.7 Å². The van der Waals surface area contributed by atoms with Gasteiger partial charge < -0.3 is 5.11 Å². The van der Waals surface area contributed by atoms with Crippen LogP contribution in [-0.4, -0.2) is 19.6 Å². The van der Waals surface area contributed by atoms with Gasteiger partial charge in [0.15, 0.2) is 0 Å². The summed E-state index contributed by atoms with van der Waals surface area (Å²) in [5.41, 5.74) is 12.1. The molecule has 0 aliphatic carbocycles. The first kappa shape index (κ1) is 30.7. The number of phenols is 1. The third-order valence-electron chi connectivity index (χ3n) is 9.97. The van der Waals surface area contributed by atoms with Crippen LogP contribution in [0.1, 0.15) is 56.8 Å². The van der Waals surface area contributed by atoms with Gasteiger partial charge in [0.2, 0.25) is 0 Å². The zero-order valence-electron chi connectivity index (χ0n) is 37.3. The number of aryl methyl sites for hydroxylation is 4. The molecule has 0 bridgehead atoms. The molecule has 0 aliphatic rings. The van der Waals surface area contributed by atoms with Crippen LogP contribution in [0.2, 0.25) is 0 Å². The molecule has 4 nitrogen and oxygen atoms in total. The Morgan fingerprint density at radius 3 is 2.13 bits per heavy atom. The summed E-state index contributed by atoms with van der Waals surface area (Å²) in [6, 6.07) is 43.6. The molecule has 8 rings (SSSR count). The van der Waals surface area contributed by atoms with Gasteiger partial charge in [0.1, 0.15) is 11.6 Å². The third kappa shape index (κ3) is 7.32. The van der Waals surface area contributed by atoms with E-state index in [1.54, 1.807) is 30.5 Å². The number of fused-ring (bicyclic) bond motifs is 1. The van der Waals surface area contributed by atoms with Crippen molar-refractivity contribution < 1.29 is 34.4 Å². The number of hydrogen-bond donors (Lipinski definition) is 1. The Kier molecular flexibility index (Phi) is 8.34. The van der Waals surface area contributed by atoms with Crippen molar-refractivity contribution in [3.8, 4) is 67.5 Å². The van der Waals surface area contributed by atoms with E-state index in [9.17, 15) is 5.11 Å². The Balaban J connectivity index is 0.00000561. The van der Waals surface area contributed by atoms with E-state index in [2.05, 4.69) is 39.0 Å². The number of phenolic OH excluding ortho intramolecular Hbond substituents is 1. The first-order chi connectivity index (χ1) is 28.4. The maximum Gasteiger partial charge on any atom is 0.148 e. The van der Waals surface area contributed by atoms with E-state index in [1.807, 2.05) is 109 Å². The van der Waals surface area contributed by atoms with Crippen molar-refractivity contribution >= 4 is 11.0 Å². The van der Waals surface area contributed by atoms with Crippen LogP contribution in [0, 0.1) is 33.6 Å². The second kappa shape index (κ2) is 14.9. The Labute approximate surface area is 347 Å². The zero-order chi connectivity index (χ0) is 42.7. The molecule has 2 aromatic heterocycles. The number of benzene rings is 6.